The number of aromatic nitrogens is 2. The van der Waals surface area contributed by atoms with Crippen molar-refractivity contribution in [3.63, 3.8) is 0 Å². The Balaban J connectivity index is 1.75. The highest BCUT2D eigenvalue weighted by molar-refractivity contribution is 5.73. The number of para-hydroxylation sites is 1. The minimum Gasteiger partial charge on any atom is -0.236 e. The lowest BCUT2D eigenvalue weighted by atomic mass is 10.1. The van der Waals surface area contributed by atoms with Crippen LogP contribution in [0.2, 0.25) is 0 Å². The molecule has 0 N–H and O–H groups in total. The lowest BCUT2D eigenvalue weighted by Gasteiger charge is -2.01. The average molecular weight is 331 g/mol. The Labute approximate surface area is 151 Å². The summed E-state index contributed by atoms with van der Waals surface area (Å²) >= 11 is 0. The molecule has 0 amide bonds. The van der Waals surface area contributed by atoms with E-state index in [0.29, 0.717) is 0 Å². The third-order valence-corrected chi connectivity index (χ3v) is 4.43. The highest BCUT2D eigenvalue weighted by atomic mass is 15.1. The minimum atomic E-state index is 1.09. The van der Waals surface area contributed by atoms with Gasteiger partial charge < -0.3 is 0 Å². The topological polar surface area (TPSA) is 8.81 Å². The van der Waals surface area contributed by atoms with Crippen LogP contribution in [0.15, 0.2) is 73.3 Å². The van der Waals surface area contributed by atoms with Gasteiger partial charge in [-0.05, 0) is 24.5 Å². The smallest absolute Gasteiger partial charge is 0.236 e. The Morgan fingerprint density at radius 1 is 0.880 bits per heavy atom. The Morgan fingerprint density at radius 2 is 1.68 bits per heavy atom. The van der Waals surface area contributed by atoms with Gasteiger partial charge in [0, 0.05) is 5.56 Å². The zero-order chi connectivity index (χ0) is 17.3. The summed E-state index contributed by atoms with van der Waals surface area (Å²) in [7, 11) is 0. The molecule has 2 aromatic carbocycles. The summed E-state index contributed by atoms with van der Waals surface area (Å²) < 4.78 is 4.50. The predicted octanol–water partition coefficient (Wildman–Crippen LogP) is 5.52. The summed E-state index contributed by atoms with van der Waals surface area (Å²) in [5.41, 5.74) is 3.65. The number of aryl methyl sites for hydroxylation is 1. The maximum atomic E-state index is 2.29. The summed E-state index contributed by atoms with van der Waals surface area (Å²) in [6.45, 7) is 3.35. The third-order valence-electron chi connectivity index (χ3n) is 4.43. The van der Waals surface area contributed by atoms with Crippen molar-refractivity contribution in [3.05, 3.63) is 84.4 Å². The highest BCUT2D eigenvalue weighted by Crippen LogP contribution is 2.17. The van der Waals surface area contributed by atoms with Crippen molar-refractivity contribution in [2.75, 3.05) is 0 Å². The van der Waals surface area contributed by atoms with Crippen LogP contribution in [0, 0.1) is 0 Å². The van der Waals surface area contributed by atoms with Gasteiger partial charge in [-0.15, -0.1) is 0 Å². The van der Waals surface area contributed by atoms with Crippen LogP contribution < -0.4 is 4.57 Å². The van der Waals surface area contributed by atoms with Crippen LogP contribution in [0.4, 0.5) is 0 Å². The number of rotatable bonds is 8. The van der Waals surface area contributed by atoms with Gasteiger partial charge in [-0.3, -0.25) is 0 Å². The number of nitrogens with zero attached hydrogens (tertiary/aromatic N) is 2. The maximum Gasteiger partial charge on any atom is 0.248 e. The quantitative estimate of drug-likeness (QED) is 0.292. The van der Waals surface area contributed by atoms with Crippen molar-refractivity contribution in [2.45, 2.75) is 39.2 Å². The van der Waals surface area contributed by atoms with E-state index in [1.54, 1.807) is 0 Å². The van der Waals surface area contributed by atoms with Crippen LogP contribution in [-0.2, 0) is 6.54 Å². The van der Waals surface area contributed by atoms with Crippen molar-refractivity contribution in [2.24, 2.45) is 0 Å². The molecule has 0 atom stereocenters. The van der Waals surface area contributed by atoms with Crippen LogP contribution in [0.1, 0.15) is 43.7 Å². The second kappa shape index (κ2) is 9.03. The van der Waals surface area contributed by atoms with Gasteiger partial charge in [0.15, 0.2) is 0 Å². The van der Waals surface area contributed by atoms with Gasteiger partial charge in [0.25, 0.3) is 0 Å². The van der Waals surface area contributed by atoms with Gasteiger partial charge in [0.05, 0.1) is 6.54 Å². The molecule has 0 unspecified atom stereocenters. The molecule has 3 rings (SSSR count). The third kappa shape index (κ3) is 4.93. The number of unbranched alkanes of at least 4 members (excludes halogenated alkanes) is 3. The largest absolute Gasteiger partial charge is 0.248 e. The van der Waals surface area contributed by atoms with E-state index in [9.17, 15) is 0 Å². The fourth-order valence-corrected chi connectivity index (χ4v) is 3.00. The molecule has 0 aliphatic rings. The summed E-state index contributed by atoms with van der Waals surface area (Å²) in [6, 6.07) is 19.0. The molecular weight excluding hydrogens is 304 g/mol. The highest BCUT2D eigenvalue weighted by Gasteiger charge is 2.09. The van der Waals surface area contributed by atoms with Gasteiger partial charge in [0.1, 0.15) is 18.1 Å². The van der Waals surface area contributed by atoms with Crippen LogP contribution in [0.3, 0.4) is 0 Å². The van der Waals surface area contributed by atoms with E-state index < -0.39 is 0 Å². The summed E-state index contributed by atoms with van der Waals surface area (Å²) in [5.74, 6) is 0. The van der Waals surface area contributed by atoms with Gasteiger partial charge in [-0.2, -0.15) is 0 Å². The molecular formula is C23H27N2+. The molecule has 0 saturated carbocycles. The summed E-state index contributed by atoms with van der Waals surface area (Å²) in [4.78, 5) is 0. The minimum absolute atomic E-state index is 1.09. The van der Waals surface area contributed by atoms with Crippen molar-refractivity contribution in [1.82, 2.24) is 4.57 Å². The van der Waals surface area contributed by atoms with E-state index in [2.05, 4.69) is 95.5 Å². The molecule has 128 valence electrons. The number of benzene rings is 2. The predicted molar refractivity (Wildman–Crippen MR) is 105 cm³/mol. The molecule has 0 radical (unpaired) electrons. The standard InChI is InChI=1S/C23H27N2/c1-2-3-4-10-17-24-18-19-25(20-24)23-14-9-8-13-22(23)16-15-21-11-6-5-7-12-21/h5-9,11-16,18-20H,2-4,10,17H2,1H3/q+1/b16-15+. The zero-order valence-corrected chi connectivity index (χ0v) is 15.0. The molecule has 0 aliphatic carbocycles. The van der Waals surface area contributed by atoms with E-state index >= 15 is 0 Å². The molecule has 0 aliphatic heterocycles. The van der Waals surface area contributed by atoms with Crippen LogP contribution in [0.5, 0.6) is 0 Å². The number of hydrogen-bond acceptors (Lipinski definition) is 0. The van der Waals surface area contributed by atoms with Gasteiger partial charge in [-0.25, -0.2) is 9.13 Å². The van der Waals surface area contributed by atoms with E-state index in [1.165, 1.54) is 42.5 Å². The molecule has 2 heteroatoms. The first-order valence-corrected chi connectivity index (χ1v) is 9.26. The SMILES string of the molecule is CCCCCC[n+]1ccn(-c2ccccc2/C=C/c2ccccc2)c1. The van der Waals surface area contributed by atoms with Crippen LogP contribution >= 0.6 is 0 Å². The monoisotopic (exact) mass is 331 g/mol. The summed E-state index contributed by atoms with van der Waals surface area (Å²) in [5, 5.41) is 0. The normalized spacial score (nSPS) is 11.2. The molecule has 3 aromatic rings. The fourth-order valence-electron chi connectivity index (χ4n) is 3.00. The van der Waals surface area contributed by atoms with Crippen molar-refractivity contribution in [3.8, 4) is 5.69 Å². The second-order valence-corrected chi connectivity index (χ2v) is 6.42. The summed E-state index contributed by atoms with van der Waals surface area (Å²) in [6.07, 6.45) is 16.0. The molecule has 25 heavy (non-hydrogen) atoms. The van der Waals surface area contributed by atoms with Gasteiger partial charge in [-0.1, -0.05) is 80.4 Å². The van der Waals surface area contributed by atoms with Crippen molar-refractivity contribution < 1.29 is 4.57 Å². The van der Waals surface area contributed by atoms with Crippen molar-refractivity contribution >= 4 is 12.2 Å². The molecule has 0 spiro atoms. The fraction of sp³-hybridized carbons (Fsp3) is 0.261. The Kier molecular flexibility index (Phi) is 6.22. The van der Waals surface area contributed by atoms with Crippen LogP contribution in [0.25, 0.3) is 17.8 Å². The molecule has 2 nitrogen and oxygen atoms in total. The first kappa shape index (κ1) is 17.2. The first-order valence-electron chi connectivity index (χ1n) is 9.26. The van der Waals surface area contributed by atoms with Gasteiger partial charge >= 0.3 is 0 Å². The first-order chi connectivity index (χ1) is 12.4. The van der Waals surface area contributed by atoms with Crippen LogP contribution in [-0.4, -0.2) is 4.57 Å². The molecule has 0 fully saturated rings. The lowest BCUT2D eigenvalue weighted by Crippen LogP contribution is -2.30. The van der Waals surface area contributed by atoms with Gasteiger partial charge in [0.2, 0.25) is 6.33 Å². The number of hydrogen-bond donors (Lipinski definition) is 0. The van der Waals surface area contributed by atoms with E-state index in [0.717, 1.165) is 6.54 Å². The molecule has 1 aromatic heterocycles. The van der Waals surface area contributed by atoms with E-state index in [-0.39, 0.29) is 0 Å². The lowest BCUT2D eigenvalue weighted by molar-refractivity contribution is -0.696. The number of imidazole rings is 1. The van der Waals surface area contributed by atoms with Crippen molar-refractivity contribution in [1.29, 1.82) is 0 Å². The Morgan fingerprint density at radius 3 is 2.52 bits per heavy atom. The van der Waals surface area contributed by atoms with E-state index in [4.69, 9.17) is 0 Å². The Bertz CT molecular complexity index is 800. The molecule has 1 heterocycles. The Hall–Kier alpha value is -2.61. The average Bonchev–Trinajstić information content (AvgIpc) is 3.13. The second-order valence-electron chi connectivity index (χ2n) is 6.42. The zero-order valence-electron chi connectivity index (χ0n) is 15.0. The van der Waals surface area contributed by atoms with E-state index in [1.807, 2.05) is 6.07 Å². The molecule has 0 bridgehead atoms. The maximum absolute atomic E-state index is 2.29. The molecule has 0 saturated heterocycles.